The van der Waals surface area contributed by atoms with Crippen molar-refractivity contribution in [3.05, 3.63) is 34.3 Å². The van der Waals surface area contributed by atoms with Gasteiger partial charge >= 0.3 is 0 Å². The number of benzene rings is 1. The Labute approximate surface area is 129 Å². The highest BCUT2D eigenvalue weighted by Gasteiger charge is 2.53. The van der Waals surface area contributed by atoms with E-state index in [1.165, 1.54) is 11.3 Å². The number of aromatic hydroxyl groups is 1. The lowest BCUT2D eigenvalue weighted by atomic mass is 9.81. The summed E-state index contributed by atoms with van der Waals surface area (Å²) in [5, 5.41) is 9.93. The van der Waals surface area contributed by atoms with Crippen LogP contribution in [0.5, 0.6) is 5.75 Å². The molecule has 0 radical (unpaired) electrons. The molecule has 2 aliphatic heterocycles. The summed E-state index contributed by atoms with van der Waals surface area (Å²) in [4.78, 5) is 4.87. The van der Waals surface area contributed by atoms with E-state index in [0.717, 1.165) is 24.0 Å². The van der Waals surface area contributed by atoms with Crippen LogP contribution >= 0.6 is 15.9 Å². The second-order valence-corrected chi connectivity index (χ2v) is 6.89. The van der Waals surface area contributed by atoms with Gasteiger partial charge in [0.15, 0.2) is 0 Å². The maximum Gasteiger partial charge on any atom is 0.117 e. The van der Waals surface area contributed by atoms with Gasteiger partial charge in [0.05, 0.1) is 11.9 Å². The summed E-state index contributed by atoms with van der Waals surface area (Å²) in [7, 11) is 2.16. The number of hydrogen-bond donors (Lipinski definition) is 1. The average Bonchev–Trinajstić information content (AvgIpc) is 2.82. The quantitative estimate of drug-likeness (QED) is 0.837. The molecule has 20 heavy (non-hydrogen) atoms. The molecule has 0 unspecified atom stereocenters. The molecule has 4 heteroatoms. The molecule has 1 aromatic carbocycles. The Balaban J connectivity index is 2.07. The monoisotopic (exact) mass is 336 g/mol. The van der Waals surface area contributed by atoms with Gasteiger partial charge in [-0.2, -0.15) is 0 Å². The van der Waals surface area contributed by atoms with Crippen molar-refractivity contribution >= 4 is 21.6 Å². The van der Waals surface area contributed by atoms with E-state index in [-0.39, 0.29) is 5.41 Å². The molecule has 3 nitrogen and oxygen atoms in total. The number of likely N-dealkylation sites (N-methyl/N-ethyl adjacent to an activating group) is 1. The van der Waals surface area contributed by atoms with Crippen molar-refractivity contribution in [2.75, 3.05) is 25.0 Å². The van der Waals surface area contributed by atoms with Gasteiger partial charge in [-0.1, -0.05) is 19.1 Å². The van der Waals surface area contributed by atoms with E-state index < -0.39 is 0 Å². The van der Waals surface area contributed by atoms with Crippen LogP contribution in [0.4, 0.5) is 5.69 Å². The third-order valence-electron chi connectivity index (χ3n) is 4.79. The molecule has 1 N–H and O–H groups in total. The first-order chi connectivity index (χ1) is 9.49. The predicted molar refractivity (Wildman–Crippen MR) is 86.4 cm³/mol. The zero-order chi connectivity index (χ0) is 14.5. The fourth-order valence-electron chi connectivity index (χ4n) is 3.91. The highest BCUT2D eigenvalue weighted by Crippen LogP contribution is 2.54. The minimum Gasteiger partial charge on any atom is -0.508 e. The Morgan fingerprint density at radius 3 is 2.95 bits per heavy atom. The number of likely N-dealkylation sites (tertiary alicyclic amines) is 1. The van der Waals surface area contributed by atoms with Crippen molar-refractivity contribution < 1.29 is 5.11 Å². The second kappa shape index (κ2) is 4.78. The fraction of sp³-hybridized carbons (Fsp3) is 0.500. The summed E-state index contributed by atoms with van der Waals surface area (Å²) >= 11 is 3.61. The van der Waals surface area contributed by atoms with Crippen LogP contribution in [-0.4, -0.2) is 36.3 Å². The highest BCUT2D eigenvalue weighted by molar-refractivity contribution is 9.10. The lowest BCUT2D eigenvalue weighted by Crippen LogP contribution is -2.47. The van der Waals surface area contributed by atoms with Crippen LogP contribution in [0.15, 0.2) is 28.8 Å². The molecule has 0 spiro atoms. The molecule has 1 saturated heterocycles. The SMILES string of the molecule is CC=CCN1CC[C@@]2(C)c3cc(O)cc(Br)c3N(C)[C@@H]12. The standard InChI is InChI=1S/C16H21BrN2O/c1-4-5-7-19-8-6-16(2)12-9-11(20)10-13(17)14(12)18(3)15(16)19/h4-5,9-10,15,20H,6-8H2,1-3H3/t15-,16-/m0/s1. The minimum atomic E-state index is 0.0902. The number of phenolic OH excluding ortho intramolecular Hbond substituents is 1. The van der Waals surface area contributed by atoms with Crippen molar-refractivity contribution in [1.29, 1.82) is 0 Å². The number of fused-ring (bicyclic) bond motifs is 3. The number of allylic oxidation sites excluding steroid dienone is 1. The van der Waals surface area contributed by atoms with Crippen LogP contribution in [0.2, 0.25) is 0 Å². The van der Waals surface area contributed by atoms with Crippen LogP contribution in [0.3, 0.4) is 0 Å². The van der Waals surface area contributed by atoms with Gasteiger partial charge in [-0.15, -0.1) is 0 Å². The molecule has 3 rings (SSSR count). The molecular weight excluding hydrogens is 316 g/mol. The van der Waals surface area contributed by atoms with Gasteiger partial charge in [0, 0.05) is 30.0 Å². The van der Waals surface area contributed by atoms with Crippen LogP contribution in [0.25, 0.3) is 0 Å². The van der Waals surface area contributed by atoms with Gasteiger partial charge in [0.1, 0.15) is 5.75 Å². The molecule has 0 saturated carbocycles. The zero-order valence-electron chi connectivity index (χ0n) is 12.2. The van der Waals surface area contributed by atoms with Crippen molar-refractivity contribution in [3.8, 4) is 5.75 Å². The van der Waals surface area contributed by atoms with Gasteiger partial charge in [0.2, 0.25) is 0 Å². The molecule has 1 fully saturated rings. The number of hydrogen-bond acceptors (Lipinski definition) is 3. The molecule has 2 atom stereocenters. The Morgan fingerprint density at radius 1 is 1.50 bits per heavy atom. The Hall–Kier alpha value is -1.00. The van der Waals surface area contributed by atoms with Gasteiger partial charge in [0.25, 0.3) is 0 Å². The summed E-state index contributed by atoms with van der Waals surface area (Å²) in [6.45, 7) is 6.47. The molecule has 0 aliphatic carbocycles. The van der Waals surface area contributed by atoms with E-state index in [1.807, 2.05) is 6.07 Å². The van der Waals surface area contributed by atoms with Crippen LogP contribution in [0.1, 0.15) is 25.8 Å². The van der Waals surface area contributed by atoms with Gasteiger partial charge in [-0.05, 0) is 47.0 Å². The third-order valence-corrected chi connectivity index (χ3v) is 5.40. The predicted octanol–water partition coefficient (Wildman–Crippen LogP) is 3.47. The van der Waals surface area contributed by atoms with E-state index in [1.54, 1.807) is 6.07 Å². The molecule has 0 aromatic heterocycles. The van der Waals surface area contributed by atoms with Crippen LogP contribution in [0, 0.1) is 0 Å². The summed E-state index contributed by atoms with van der Waals surface area (Å²) in [5.41, 5.74) is 2.58. The maximum absolute atomic E-state index is 9.93. The summed E-state index contributed by atoms with van der Waals surface area (Å²) in [6.07, 6.45) is 5.82. The largest absolute Gasteiger partial charge is 0.508 e. The molecule has 108 valence electrons. The zero-order valence-corrected chi connectivity index (χ0v) is 13.8. The molecular formula is C16H21BrN2O. The smallest absolute Gasteiger partial charge is 0.117 e. The van der Waals surface area contributed by atoms with Crippen LogP contribution < -0.4 is 4.90 Å². The second-order valence-electron chi connectivity index (χ2n) is 6.04. The number of rotatable bonds is 2. The first-order valence-electron chi connectivity index (χ1n) is 7.10. The van der Waals surface area contributed by atoms with Crippen molar-refractivity contribution in [3.63, 3.8) is 0 Å². The van der Waals surface area contributed by atoms with Crippen molar-refractivity contribution in [2.45, 2.75) is 31.8 Å². The Kier molecular flexibility index (Phi) is 3.33. The molecule has 2 aliphatic rings. The van der Waals surface area contributed by atoms with E-state index in [4.69, 9.17) is 0 Å². The first-order valence-corrected chi connectivity index (χ1v) is 7.89. The topological polar surface area (TPSA) is 26.7 Å². The molecule has 1 aromatic rings. The minimum absolute atomic E-state index is 0.0902. The summed E-state index contributed by atoms with van der Waals surface area (Å²) in [6, 6.07) is 3.73. The Morgan fingerprint density at radius 2 is 2.25 bits per heavy atom. The van der Waals surface area contributed by atoms with E-state index >= 15 is 0 Å². The maximum atomic E-state index is 9.93. The lowest BCUT2D eigenvalue weighted by Gasteiger charge is -2.34. The summed E-state index contributed by atoms with van der Waals surface area (Å²) < 4.78 is 0.983. The van der Waals surface area contributed by atoms with Crippen molar-refractivity contribution in [2.24, 2.45) is 0 Å². The first kappa shape index (κ1) is 14.0. The lowest BCUT2D eigenvalue weighted by molar-refractivity contribution is 0.244. The van der Waals surface area contributed by atoms with Crippen molar-refractivity contribution in [1.82, 2.24) is 4.90 Å². The summed E-state index contributed by atoms with van der Waals surface area (Å²) in [5.74, 6) is 0.345. The van der Waals surface area contributed by atoms with Crippen LogP contribution in [-0.2, 0) is 5.41 Å². The molecule has 2 heterocycles. The van der Waals surface area contributed by atoms with E-state index in [2.05, 4.69) is 58.8 Å². The molecule has 0 bridgehead atoms. The van der Waals surface area contributed by atoms with E-state index in [0.29, 0.717) is 11.9 Å². The fourth-order valence-corrected chi connectivity index (χ4v) is 4.64. The van der Waals surface area contributed by atoms with E-state index in [9.17, 15) is 5.11 Å². The Bertz CT molecular complexity index is 572. The number of nitrogens with zero attached hydrogens (tertiary/aromatic N) is 2. The van der Waals surface area contributed by atoms with Gasteiger partial charge in [-0.25, -0.2) is 0 Å². The van der Waals surface area contributed by atoms with Gasteiger partial charge in [-0.3, -0.25) is 4.90 Å². The van der Waals surface area contributed by atoms with Gasteiger partial charge < -0.3 is 10.0 Å². The normalized spacial score (nSPS) is 29.2. The molecule has 0 amide bonds. The highest BCUT2D eigenvalue weighted by atomic mass is 79.9. The number of anilines is 1. The average molecular weight is 337 g/mol. The number of halogens is 1. The third kappa shape index (κ3) is 1.81. The number of phenols is 1.